The Morgan fingerprint density at radius 1 is 1.50 bits per heavy atom. The molecule has 1 aromatic rings. The zero-order valence-electron chi connectivity index (χ0n) is 10.7. The molecule has 4 heteroatoms. The lowest BCUT2D eigenvalue weighted by molar-refractivity contribution is 0.207. The smallest absolute Gasteiger partial charge is 0.129 e. The molecule has 2 N–H and O–H groups in total. The molecule has 2 rings (SSSR count). The van der Waals surface area contributed by atoms with Gasteiger partial charge in [0, 0.05) is 18.2 Å². The molecule has 0 amide bonds. The molecule has 18 heavy (non-hydrogen) atoms. The third-order valence-corrected chi connectivity index (χ3v) is 3.15. The van der Waals surface area contributed by atoms with Crippen LogP contribution in [-0.4, -0.2) is 30.4 Å². The van der Waals surface area contributed by atoms with Crippen molar-refractivity contribution in [2.24, 2.45) is 0 Å². The molecular formula is C14H20FNO2. The summed E-state index contributed by atoms with van der Waals surface area (Å²) in [6, 6.07) is 5.52. The van der Waals surface area contributed by atoms with Crippen molar-refractivity contribution in [2.75, 3.05) is 13.2 Å². The highest BCUT2D eigenvalue weighted by molar-refractivity contribution is 5.27. The highest BCUT2D eigenvalue weighted by atomic mass is 19.1. The number of hydrogen-bond acceptors (Lipinski definition) is 3. The van der Waals surface area contributed by atoms with Crippen LogP contribution in [0, 0.1) is 12.7 Å². The summed E-state index contributed by atoms with van der Waals surface area (Å²) < 4.78 is 18.8. The van der Waals surface area contributed by atoms with Crippen LogP contribution in [0.4, 0.5) is 4.39 Å². The molecule has 1 aliphatic carbocycles. The fourth-order valence-corrected chi connectivity index (χ4v) is 1.79. The van der Waals surface area contributed by atoms with Crippen molar-refractivity contribution in [2.45, 2.75) is 38.3 Å². The van der Waals surface area contributed by atoms with Crippen molar-refractivity contribution in [1.29, 1.82) is 0 Å². The Bertz CT molecular complexity index is 393. The minimum absolute atomic E-state index is 0.0767. The molecule has 3 nitrogen and oxygen atoms in total. The van der Waals surface area contributed by atoms with Gasteiger partial charge in [-0.1, -0.05) is 6.07 Å². The third-order valence-electron chi connectivity index (χ3n) is 3.15. The monoisotopic (exact) mass is 253 g/mol. The van der Waals surface area contributed by atoms with Crippen molar-refractivity contribution < 1.29 is 14.2 Å². The zero-order valence-corrected chi connectivity index (χ0v) is 10.7. The van der Waals surface area contributed by atoms with Gasteiger partial charge in [0.25, 0.3) is 0 Å². The van der Waals surface area contributed by atoms with Crippen molar-refractivity contribution in [1.82, 2.24) is 5.32 Å². The number of benzene rings is 1. The predicted molar refractivity (Wildman–Crippen MR) is 68.3 cm³/mol. The van der Waals surface area contributed by atoms with E-state index in [0.717, 1.165) is 6.42 Å². The second kappa shape index (κ2) is 6.16. The summed E-state index contributed by atoms with van der Waals surface area (Å²) in [7, 11) is 0. The summed E-state index contributed by atoms with van der Waals surface area (Å²) in [4.78, 5) is 0. The topological polar surface area (TPSA) is 41.5 Å². The van der Waals surface area contributed by atoms with Crippen LogP contribution in [0.2, 0.25) is 0 Å². The van der Waals surface area contributed by atoms with Crippen LogP contribution in [0.1, 0.15) is 24.8 Å². The molecule has 1 aromatic carbocycles. The minimum Gasteiger partial charge on any atom is -0.493 e. The summed E-state index contributed by atoms with van der Waals surface area (Å²) in [5.74, 6) is 0.295. The highest BCUT2D eigenvalue weighted by Crippen LogP contribution is 2.20. The van der Waals surface area contributed by atoms with Gasteiger partial charge in [-0.05, 0) is 37.8 Å². The molecule has 1 fully saturated rings. The zero-order chi connectivity index (χ0) is 13.0. The molecule has 0 aromatic heterocycles. The maximum Gasteiger partial charge on any atom is 0.129 e. The van der Waals surface area contributed by atoms with Gasteiger partial charge in [-0.15, -0.1) is 0 Å². The van der Waals surface area contributed by atoms with E-state index in [-0.39, 0.29) is 18.5 Å². The first-order chi connectivity index (χ1) is 8.69. The quantitative estimate of drug-likeness (QED) is 0.781. The molecular weight excluding hydrogens is 233 g/mol. The molecule has 0 heterocycles. The fraction of sp³-hybridized carbons (Fsp3) is 0.571. The summed E-state index contributed by atoms with van der Waals surface area (Å²) >= 11 is 0. The van der Waals surface area contributed by atoms with Crippen LogP contribution in [-0.2, 0) is 0 Å². The Kier molecular flexibility index (Phi) is 4.55. The van der Waals surface area contributed by atoms with Gasteiger partial charge in [-0.2, -0.15) is 0 Å². The van der Waals surface area contributed by atoms with Crippen LogP contribution >= 0.6 is 0 Å². The lowest BCUT2D eigenvalue weighted by Gasteiger charge is -2.16. The maximum absolute atomic E-state index is 13.3. The van der Waals surface area contributed by atoms with E-state index in [1.54, 1.807) is 19.1 Å². The number of nitrogens with one attached hydrogen (secondary N) is 1. The van der Waals surface area contributed by atoms with Crippen LogP contribution < -0.4 is 10.1 Å². The van der Waals surface area contributed by atoms with Gasteiger partial charge in [0.15, 0.2) is 0 Å². The molecule has 1 atom stereocenters. The average Bonchev–Trinajstić information content (AvgIpc) is 3.16. The summed E-state index contributed by atoms with van der Waals surface area (Å²) in [6.07, 6.45) is 3.11. The largest absolute Gasteiger partial charge is 0.493 e. The van der Waals surface area contributed by atoms with E-state index in [4.69, 9.17) is 4.74 Å². The van der Waals surface area contributed by atoms with E-state index in [1.807, 2.05) is 0 Å². The van der Waals surface area contributed by atoms with E-state index in [2.05, 4.69) is 5.32 Å². The molecule has 1 unspecified atom stereocenters. The van der Waals surface area contributed by atoms with Gasteiger partial charge in [-0.3, -0.25) is 0 Å². The van der Waals surface area contributed by atoms with Gasteiger partial charge in [0.05, 0.1) is 13.2 Å². The third kappa shape index (κ3) is 3.96. The second-order valence-corrected chi connectivity index (χ2v) is 4.87. The average molecular weight is 253 g/mol. The first-order valence-electron chi connectivity index (χ1n) is 6.45. The van der Waals surface area contributed by atoms with Crippen LogP contribution in [0.5, 0.6) is 5.75 Å². The Morgan fingerprint density at radius 2 is 2.28 bits per heavy atom. The van der Waals surface area contributed by atoms with Gasteiger partial charge in [0.2, 0.25) is 0 Å². The van der Waals surface area contributed by atoms with E-state index in [0.29, 0.717) is 24.0 Å². The summed E-state index contributed by atoms with van der Waals surface area (Å²) in [5, 5.41) is 12.5. The molecule has 1 aliphatic rings. The van der Waals surface area contributed by atoms with Crippen LogP contribution in [0.3, 0.4) is 0 Å². The van der Waals surface area contributed by atoms with E-state index >= 15 is 0 Å². The number of aliphatic hydroxyl groups excluding tert-OH is 1. The standard InChI is InChI=1S/C14H20FNO2/c1-10-2-5-13(8-14(10)15)18-7-6-12(9-17)16-11-3-4-11/h2,5,8,11-12,16-17H,3-4,6-7,9H2,1H3. The van der Waals surface area contributed by atoms with Gasteiger partial charge < -0.3 is 15.2 Å². The number of aliphatic hydroxyl groups is 1. The summed E-state index contributed by atoms with van der Waals surface area (Å²) in [6.45, 7) is 2.32. The molecule has 0 radical (unpaired) electrons. The highest BCUT2D eigenvalue weighted by Gasteiger charge is 2.23. The second-order valence-electron chi connectivity index (χ2n) is 4.87. The van der Waals surface area contributed by atoms with Gasteiger partial charge >= 0.3 is 0 Å². The predicted octanol–water partition coefficient (Wildman–Crippen LogP) is 2.02. The Hall–Kier alpha value is -1.13. The Balaban J connectivity index is 1.74. The summed E-state index contributed by atoms with van der Waals surface area (Å²) in [5.41, 5.74) is 0.617. The molecule has 0 spiro atoms. The number of halogens is 1. The van der Waals surface area contributed by atoms with Crippen molar-refractivity contribution in [3.05, 3.63) is 29.6 Å². The number of ether oxygens (including phenoxy) is 1. The number of hydrogen-bond donors (Lipinski definition) is 2. The molecule has 1 saturated carbocycles. The van der Waals surface area contributed by atoms with Crippen molar-refractivity contribution in [3.63, 3.8) is 0 Å². The number of rotatable bonds is 7. The first kappa shape index (κ1) is 13.3. The van der Waals surface area contributed by atoms with Crippen LogP contribution in [0.25, 0.3) is 0 Å². The minimum atomic E-state index is -0.248. The van der Waals surface area contributed by atoms with E-state index in [9.17, 15) is 9.50 Å². The fourth-order valence-electron chi connectivity index (χ4n) is 1.79. The Labute approximate surface area is 107 Å². The normalized spacial score (nSPS) is 16.6. The molecule has 0 aliphatic heterocycles. The molecule has 0 bridgehead atoms. The lowest BCUT2D eigenvalue weighted by Crippen LogP contribution is -2.35. The number of aryl methyl sites for hydroxylation is 1. The van der Waals surface area contributed by atoms with Gasteiger partial charge in [0.1, 0.15) is 11.6 Å². The maximum atomic E-state index is 13.3. The lowest BCUT2D eigenvalue weighted by atomic mass is 10.2. The Morgan fingerprint density at radius 3 is 2.89 bits per heavy atom. The first-order valence-corrected chi connectivity index (χ1v) is 6.45. The SMILES string of the molecule is Cc1ccc(OCCC(CO)NC2CC2)cc1F. The van der Waals surface area contributed by atoms with Crippen molar-refractivity contribution in [3.8, 4) is 5.75 Å². The molecule has 0 saturated heterocycles. The van der Waals surface area contributed by atoms with E-state index < -0.39 is 0 Å². The van der Waals surface area contributed by atoms with E-state index in [1.165, 1.54) is 18.9 Å². The van der Waals surface area contributed by atoms with Crippen molar-refractivity contribution >= 4 is 0 Å². The molecule has 100 valence electrons. The van der Waals surface area contributed by atoms with Crippen LogP contribution in [0.15, 0.2) is 18.2 Å². The van der Waals surface area contributed by atoms with Gasteiger partial charge in [-0.25, -0.2) is 4.39 Å².